The third kappa shape index (κ3) is 2.78. The summed E-state index contributed by atoms with van der Waals surface area (Å²) in [6, 6.07) is 21.7. The molecule has 0 unspecified atom stereocenters. The smallest absolute Gasteiger partial charge is 0.259 e. The van der Waals surface area contributed by atoms with E-state index in [1.807, 2.05) is 66.7 Å². The number of hydrogen-bond acceptors (Lipinski definition) is 3. The van der Waals surface area contributed by atoms with Crippen LogP contribution < -0.4 is 10.3 Å². The van der Waals surface area contributed by atoms with Crippen molar-refractivity contribution in [3.63, 3.8) is 0 Å². The standard InChI is InChI=1S/C21H16N2O2/c1-25-17-9-7-14(8-10-17)16-11-18(15-5-3-2-4-6-15)20-19(12-16)22-13-23-21(20)24/h2-13H,1H3,(H,22,23,24). The minimum absolute atomic E-state index is 0.134. The van der Waals surface area contributed by atoms with Crippen LogP contribution in [0.2, 0.25) is 0 Å². The minimum Gasteiger partial charge on any atom is -0.497 e. The molecule has 1 N–H and O–H groups in total. The number of H-pyrrole nitrogens is 1. The van der Waals surface area contributed by atoms with Gasteiger partial charge in [0.2, 0.25) is 0 Å². The maximum absolute atomic E-state index is 12.4. The molecule has 0 saturated carbocycles. The van der Waals surface area contributed by atoms with Crippen molar-refractivity contribution in [3.05, 3.63) is 83.4 Å². The van der Waals surface area contributed by atoms with Crippen molar-refractivity contribution in [1.29, 1.82) is 0 Å². The summed E-state index contributed by atoms with van der Waals surface area (Å²) in [5, 5.41) is 0.603. The molecule has 0 aliphatic rings. The number of rotatable bonds is 3. The summed E-state index contributed by atoms with van der Waals surface area (Å²) in [7, 11) is 1.65. The molecule has 1 aromatic heterocycles. The van der Waals surface area contributed by atoms with Gasteiger partial charge in [-0.25, -0.2) is 4.98 Å². The molecule has 0 spiro atoms. The van der Waals surface area contributed by atoms with Gasteiger partial charge < -0.3 is 9.72 Å². The van der Waals surface area contributed by atoms with Crippen molar-refractivity contribution in [2.75, 3.05) is 7.11 Å². The van der Waals surface area contributed by atoms with Crippen LogP contribution >= 0.6 is 0 Å². The van der Waals surface area contributed by atoms with Crippen molar-refractivity contribution >= 4 is 10.9 Å². The molecule has 4 nitrogen and oxygen atoms in total. The topological polar surface area (TPSA) is 55.0 Å². The summed E-state index contributed by atoms with van der Waals surface area (Å²) in [6.45, 7) is 0. The maximum atomic E-state index is 12.4. The summed E-state index contributed by atoms with van der Waals surface area (Å²) in [5.41, 5.74) is 4.45. The molecule has 4 rings (SSSR count). The van der Waals surface area contributed by atoms with Gasteiger partial charge in [-0.2, -0.15) is 0 Å². The Morgan fingerprint density at radius 3 is 2.36 bits per heavy atom. The van der Waals surface area contributed by atoms with E-state index in [0.29, 0.717) is 10.9 Å². The van der Waals surface area contributed by atoms with Crippen LogP contribution in [-0.4, -0.2) is 17.1 Å². The number of fused-ring (bicyclic) bond motifs is 1. The second-order valence-electron chi connectivity index (χ2n) is 5.74. The number of hydrogen-bond donors (Lipinski definition) is 1. The monoisotopic (exact) mass is 328 g/mol. The zero-order chi connectivity index (χ0) is 17.2. The summed E-state index contributed by atoms with van der Waals surface area (Å²) < 4.78 is 5.23. The fourth-order valence-corrected chi connectivity index (χ4v) is 3.00. The van der Waals surface area contributed by atoms with Crippen molar-refractivity contribution in [2.45, 2.75) is 0 Å². The van der Waals surface area contributed by atoms with E-state index in [4.69, 9.17) is 4.74 Å². The second kappa shape index (κ2) is 6.24. The van der Waals surface area contributed by atoms with Crippen LogP contribution in [0.15, 0.2) is 77.9 Å². The molecule has 0 atom stereocenters. The first-order chi connectivity index (χ1) is 12.3. The number of methoxy groups -OCH3 is 1. The van der Waals surface area contributed by atoms with Crippen LogP contribution in [0.5, 0.6) is 5.75 Å². The Balaban J connectivity index is 1.99. The van der Waals surface area contributed by atoms with E-state index in [1.54, 1.807) is 7.11 Å². The molecule has 4 aromatic rings. The summed E-state index contributed by atoms with van der Waals surface area (Å²) in [4.78, 5) is 19.4. The second-order valence-corrected chi connectivity index (χ2v) is 5.74. The van der Waals surface area contributed by atoms with Gasteiger partial charge in [0.1, 0.15) is 5.75 Å². The molecular formula is C21H16N2O2. The lowest BCUT2D eigenvalue weighted by Crippen LogP contribution is -2.07. The van der Waals surface area contributed by atoms with Crippen LogP contribution in [0, 0.1) is 0 Å². The van der Waals surface area contributed by atoms with Gasteiger partial charge >= 0.3 is 0 Å². The Hall–Kier alpha value is -3.40. The largest absolute Gasteiger partial charge is 0.497 e. The number of nitrogens with one attached hydrogen (secondary N) is 1. The molecule has 3 aromatic carbocycles. The summed E-state index contributed by atoms with van der Waals surface area (Å²) in [5.74, 6) is 0.808. The lowest BCUT2D eigenvalue weighted by Gasteiger charge is -2.10. The molecule has 25 heavy (non-hydrogen) atoms. The first-order valence-corrected chi connectivity index (χ1v) is 7.97. The van der Waals surface area contributed by atoms with Crippen LogP contribution in [0.25, 0.3) is 33.2 Å². The highest BCUT2D eigenvalue weighted by atomic mass is 16.5. The number of ether oxygens (including phenoxy) is 1. The Bertz CT molecular complexity index is 1080. The molecule has 0 radical (unpaired) electrons. The van der Waals surface area contributed by atoms with E-state index in [-0.39, 0.29) is 5.56 Å². The molecule has 0 aliphatic carbocycles. The van der Waals surface area contributed by atoms with E-state index in [9.17, 15) is 4.79 Å². The van der Waals surface area contributed by atoms with Crippen molar-refractivity contribution in [2.24, 2.45) is 0 Å². The van der Waals surface area contributed by atoms with Crippen molar-refractivity contribution in [3.8, 4) is 28.0 Å². The van der Waals surface area contributed by atoms with Gasteiger partial charge in [0.05, 0.1) is 24.3 Å². The SMILES string of the molecule is COc1ccc(-c2cc(-c3ccccc3)c3c(=O)[nH]cnc3c2)cc1. The normalized spacial score (nSPS) is 10.8. The maximum Gasteiger partial charge on any atom is 0.259 e. The Labute approximate surface area is 144 Å². The zero-order valence-electron chi connectivity index (χ0n) is 13.7. The number of nitrogens with zero attached hydrogens (tertiary/aromatic N) is 1. The van der Waals surface area contributed by atoms with E-state index < -0.39 is 0 Å². The van der Waals surface area contributed by atoms with E-state index in [0.717, 1.165) is 28.0 Å². The van der Waals surface area contributed by atoms with Crippen LogP contribution in [0.1, 0.15) is 0 Å². The molecular weight excluding hydrogens is 312 g/mol. The molecule has 0 bridgehead atoms. The van der Waals surface area contributed by atoms with Crippen molar-refractivity contribution < 1.29 is 4.74 Å². The molecule has 0 fully saturated rings. The first kappa shape index (κ1) is 15.1. The van der Waals surface area contributed by atoms with Crippen molar-refractivity contribution in [1.82, 2.24) is 9.97 Å². The third-order valence-electron chi connectivity index (χ3n) is 4.25. The molecule has 0 saturated heterocycles. The van der Waals surface area contributed by atoms with E-state index in [2.05, 4.69) is 9.97 Å². The predicted octanol–water partition coefficient (Wildman–Crippen LogP) is 4.27. The molecule has 4 heteroatoms. The van der Waals surface area contributed by atoms with Gasteiger partial charge in [-0.15, -0.1) is 0 Å². The average molecular weight is 328 g/mol. The Morgan fingerprint density at radius 2 is 1.64 bits per heavy atom. The highest BCUT2D eigenvalue weighted by molar-refractivity contribution is 5.97. The highest BCUT2D eigenvalue weighted by Gasteiger charge is 2.11. The Kier molecular flexibility index (Phi) is 3.78. The number of benzene rings is 3. The third-order valence-corrected chi connectivity index (χ3v) is 4.25. The molecule has 1 heterocycles. The van der Waals surface area contributed by atoms with E-state index >= 15 is 0 Å². The first-order valence-electron chi connectivity index (χ1n) is 7.97. The fraction of sp³-hybridized carbons (Fsp3) is 0.0476. The van der Waals surface area contributed by atoms with Gasteiger partial charge in [-0.3, -0.25) is 4.79 Å². The lowest BCUT2D eigenvalue weighted by molar-refractivity contribution is 0.415. The lowest BCUT2D eigenvalue weighted by atomic mass is 9.95. The average Bonchev–Trinajstić information content (AvgIpc) is 2.68. The fourth-order valence-electron chi connectivity index (χ4n) is 3.00. The number of aromatic amines is 1. The van der Waals surface area contributed by atoms with E-state index in [1.165, 1.54) is 6.33 Å². The van der Waals surface area contributed by atoms with Gasteiger partial charge in [0.25, 0.3) is 5.56 Å². The van der Waals surface area contributed by atoms with Gasteiger partial charge in [-0.1, -0.05) is 42.5 Å². The van der Waals surface area contributed by atoms with Crippen LogP contribution in [0.3, 0.4) is 0 Å². The summed E-state index contributed by atoms with van der Waals surface area (Å²) in [6.07, 6.45) is 1.44. The minimum atomic E-state index is -0.134. The molecule has 0 amide bonds. The zero-order valence-corrected chi connectivity index (χ0v) is 13.7. The van der Waals surface area contributed by atoms with Crippen LogP contribution in [0.4, 0.5) is 0 Å². The number of aromatic nitrogens is 2. The Morgan fingerprint density at radius 1 is 0.880 bits per heavy atom. The van der Waals surface area contributed by atoms with Gasteiger partial charge in [-0.05, 0) is 46.5 Å². The summed E-state index contributed by atoms with van der Waals surface area (Å²) >= 11 is 0. The molecule has 122 valence electrons. The van der Waals surface area contributed by atoms with Gasteiger partial charge in [0.15, 0.2) is 0 Å². The molecule has 0 aliphatic heterocycles. The quantitative estimate of drug-likeness (QED) is 0.611. The predicted molar refractivity (Wildman–Crippen MR) is 99.8 cm³/mol. The van der Waals surface area contributed by atoms with Gasteiger partial charge in [0, 0.05) is 0 Å². The highest BCUT2D eigenvalue weighted by Crippen LogP contribution is 2.32. The van der Waals surface area contributed by atoms with Crippen LogP contribution in [-0.2, 0) is 0 Å².